The van der Waals surface area contributed by atoms with Crippen molar-refractivity contribution in [2.75, 3.05) is 0 Å². The molecule has 0 aliphatic heterocycles. The van der Waals surface area contributed by atoms with Gasteiger partial charge in [-0.05, 0) is 13.8 Å². The lowest BCUT2D eigenvalue weighted by Gasteiger charge is -2.17. The third kappa shape index (κ3) is 2.44. The Balaban J connectivity index is 2.48. The quantitative estimate of drug-likeness (QED) is 0.700. The smallest absolute Gasteiger partial charge is 0.0713 e. The molecule has 0 aliphatic rings. The molecule has 0 bridgehead atoms. The lowest BCUT2D eigenvalue weighted by atomic mass is 9.37. The molecule has 0 amide bonds. The van der Waals surface area contributed by atoms with E-state index in [1.807, 2.05) is 0 Å². The predicted molar refractivity (Wildman–Crippen MR) is 77.9 cm³/mol. The van der Waals surface area contributed by atoms with E-state index in [1.54, 1.807) is 0 Å². The number of benzene rings is 2. The molecule has 0 N–H and O–H groups in total. The first-order chi connectivity index (χ1) is 8.24. The highest BCUT2D eigenvalue weighted by molar-refractivity contribution is 6.85. The van der Waals surface area contributed by atoms with E-state index in [4.69, 9.17) is 0 Å². The number of hydrogen-bond acceptors (Lipinski definition) is 0. The van der Waals surface area contributed by atoms with Crippen molar-refractivity contribution >= 4 is 17.6 Å². The largest absolute Gasteiger partial charge is 0.209 e. The normalized spacial score (nSPS) is 10.3. The molecular weight excluding hydrogens is 203 g/mol. The summed E-state index contributed by atoms with van der Waals surface area (Å²) in [7, 11) is 0. The fourth-order valence-corrected chi connectivity index (χ4v) is 2.56. The van der Waals surface area contributed by atoms with Crippen molar-refractivity contribution in [3.05, 3.63) is 59.7 Å². The Bertz CT molecular complexity index is 457. The SMILES string of the molecule is CCB(c1ccccc1C)c1ccccc1C. The average molecular weight is 222 g/mol. The lowest BCUT2D eigenvalue weighted by Crippen LogP contribution is -2.43. The Morgan fingerprint density at radius 3 is 1.53 bits per heavy atom. The summed E-state index contributed by atoms with van der Waals surface area (Å²) in [5.74, 6) is 0. The van der Waals surface area contributed by atoms with Gasteiger partial charge >= 0.3 is 0 Å². The zero-order valence-electron chi connectivity index (χ0n) is 10.9. The summed E-state index contributed by atoms with van der Waals surface area (Å²) in [6.45, 7) is 7.20. The second kappa shape index (κ2) is 5.22. The van der Waals surface area contributed by atoms with Crippen molar-refractivity contribution < 1.29 is 0 Å². The molecule has 0 aromatic heterocycles. The molecule has 0 saturated carbocycles. The summed E-state index contributed by atoms with van der Waals surface area (Å²) in [6, 6.07) is 17.4. The molecule has 0 spiro atoms. The van der Waals surface area contributed by atoms with E-state index in [2.05, 4.69) is 69.3 Å². The maximum atomic E-state index is 2.27. The lowest BCUT2D eigenvalue weighted by molar-refractivity contribution is 1.40. The Labute approximate surface area is 105 Å². The molecule has 0 aliphatic carbocycles. The molecule has 2 aromatic rings. The summed E-state index contributed by atoms with van der Waals surface area (Å²) in [5, 5.41) is 0. The van der Waals surface area contributed by atoms with E-state index >= 15 is 0 Å². The van der Waals surface area contributed by atoms with Gasteiger partial charge < -0.3 is 0 Å². The summed E-state index contributed by atoms with van der Waals surface area (Å²) < 4.78 is 0. The topological polar surface area (TPSA) is 0 Å². The summed E-state index contributed by atoms with van der Waals surface area (Å²) in [5.41, 5.74) is 5.71. The molecule has 1 heteroatoms. The summed E-state index contributed by atoms with van der Waals surface area (Å²) in [6.07, 6.45) is 1.15. The van der Waals surface area contributed by atoms with E-state index in [0.29, 0.717) is 6.71 Å². The Kier molecular flexibility index (Phi) is 3.68. The number of rotatable bonds is 3. The standard InChI is InChI=1S/C16H19B/c1-4-17(15-11-7-5-9-13(15)2)16-12-8-6-10-14(16)3/h5-12H,4H2,1-3H3. The van der Waals surface area contributed by atoms with Crippen molar-refractivity contribution in [2.24, 2.45) is 0 Å². The number of aryl methyl sites for hydroxylation is 2. The Morgan fingerprint density at radius 1 is 0.765 bits per heavy atom. The minimum Gasteiger partial charge on any atom is -0.0713 e. The van der Waals surface area contributed by atoms with Gasteiger partial charge in [-0.1, -0.05) is 83.8 Å². The van der Waals surface area contributed by atoms with E-state index in [0.717, 1.165) is 6.32 Å². The van der Waals surface area contributed by atoms with E-state index in [-0.39, 0.29) is 0 Å². The molecule has 0 atom stereocenters. The fraction of sp³-hybridized carbons (Fsp3) is 0.250. The van der Waals surface area contributed by atoms with Gasteiger partial charge in [0.25, 0.3) is 0 Å². The van der Waals surface area contributed by atoms with Gasteiger partial charge in [0.05, 0.1) is 0 Å². The first-order valence-corrected chi connectivity index (χ1v) is 6.35. The second-order valence-corrected chi connectivity index (χ2v) is 4.67. The van der Waals surface area contributed by atoms with Crippen molar-refractivity contribution in [2.45, 2.75) is 27.1 Å². The maximum Gasteiger partial charge on any atom is 0.209 e. The highest BCUT2D eigenvalue weighted by Gasteiger charge is 2.19. The Morgan fingerprint density at radius 2 is 1.18 bits per heavy atom. The molecule has 0 saturated heterocycles. The van der Waals surface area contributed by atoms with Crippen LogP contribution in [-0.2, 0) is 0 Å². The van der Waals surface area contributed by atoms with Crippen LogP contribution in [0.3, 0.4) is 0 Å². The molecule has 2 aromatic carbocycles. The molecule has 17 heavy (non-hydrogen) atoms. The monoisotopic (exact) mass is 222 g/mol. The molecule has 86 valence electrons. The minimum absolute atomic E-state index is 0.525. The van der Waals surface area contributed by atoms with Crippen LogP contribution in [0.2, 0.25) is 6.32 Å². The molecule has 0 fully saturated rings. The van der Waals surface area contributed by atoms with Gasteiger partial charge in [-0.15, -0.1) is 0 Å². The van der Waals surface area contributed by atoms with E-state index in [9.17, 15) is 0 Å². The average Bonchev–Trinajstić information content (AvgIpc) is 2.34. The van der Waals surface area contributed by atoms with Gasteiger partial charge in [-0.3, -0.25) is 0 Å². The molecule has 0 radical (unpaired) electrons. The van der Waals surface area contributed by atoms with Crippen LogP contribution in [0.1, 0.15) is 18.1 Å². The summed E-state index contributed by atoms with van der Waals surface area (Å²) >= 11 is 0. The van der Waals surface area contributed by atoms with Gasteiger partial charge in [0.2, 0.25) is 6.71 Å². The number of hydrogen-bond donors (Lipinski definition) is 0. The fourth-order valence-electron chi connectivity index (χ4n) is 2.56. The van der Waals surface area contributed by atoms with Crippen LogP contribution < -0.4 is 10.9 Å². The van der Waals surface area contributed by atoms with Gasteiger partial charge in [0.15, 0.2) is 0 Å². The molecule has 0 heterocycles. The van der Waals surface area contributed by atoms with Gasteiger partial charge in [-0.25, -0.2) is 0 Å². The van der Waals surface area contributed by atoms with Crippen LogP contribution in [0, 0.1) is 13.8 Å². The van der Waals surface area contributed by atoms with Crippen LogP contribution in [-0.4, -0.2) is 6.71 Å². The van der Waals surface area contributed by atoms with Crippen LogP contribution in [0.5, 0.6) is 0 Å². The van der Waals surface area contributed by atoms with Crippen molar-refractivity contribution in [1.82, 2.24) is 0 Å². The summed E-state index contributed by atoms with van der Waals surface area (Å²) in [4.78, 5) is 0. The zero-order chi connectivity index (χ0) is 12.3. The van der Waals surface area contributed by atoms with E-state index < -0.39 is 0 Å². The second-order valence-electron chi connectivity index (χ2n) is 4.67. The predicted octanol–water partition coefficient (Wildman–Crippen LogP) is 2.93. The minimum atomic E-state index is 0.525. The van der Waals surface area contributed by atoms with Gasteiger partial charge in [-0.2, -0.15) is 0 Å². The zero-order valence-corrected chi connectivity index (χ0v) is 10.9. The third-order valence-corrected chi connectivity index (χ3v) is 3.54. The van der Waals surface area contributed by atoms with Crippen LogP contribution in [0.4, 0.5) is 0 Å². The van der Waals surface area contributed by atoms with Crippen LogP contribution in [0.25, 0.3) is 0 Å². The van der Waals surface area contributed by atoms with Crippen LogP contribution in [0.15, 0.2) is 48.5 Å². The van der Waals surface area contributed by atoms with Crippen molar-refractivity contribution in [3.8, 4) is 0 Å². The van der Waals surface area contributed by atoms with Crippen LogP contribution >= 0.6 is 0 Å². The first-order valence-electron chi connectivity index (χ1n) is 6.35. The van der Waals surface area contributed by atoms with Gasteiger partial charge in [0, 0.05) is 0 Å². The van der Waals surface area contributed by atoms with E-state index in [1.165, 1.54) is 22.1 Å². The Hall–Kier alpha value is -1.50. The third-order valence-electron chi connectivity index (χ3n) is 3.54. The van der Waals surface area contributed by atoms with Crippen molar-refractivity contribution in [3.63, 3.8) is 0 Å². The van der Waals surface area contributed by atoms with Gasteiger partial charge in [0.1, 0.15) is 0 Å². The highest BCUT2D eigenvalue weighted by atomic mass is 14.0. The molecule has 0 unspecified atom stereocenters. The maximum absolute atomic E-state index is 2.27. The first kappa shape index (κ1) is 12.0. The van der Waals surface area contributed by atoms with Crippen molar-refractivity contribution in [1.29, 1.82) is 0 Å². The molecular formula is C16H19B. The molecule has 2 rings (SSSR count). The molecule has 0 nitrogen and oxygen atoms in total. The highest BCUT2D eigenvalue weighted by Crippen LogP contribution is 2.04.